The van der Waals surface area contributed by atoms with E-state index in [-0.39, 0.29) is 0 Å². The van der Waals surface area contributed by atoms with Crippen molar-refractivity contribution >= 4 is 17.6 Å². The lowest BCUT2D eigenvalue weighted by molar-refractivity contribution is 0.742. The summed E-state index contributed by atoms with van der Waals surface area (Å²) in [7, 11) is 0. The molecule has 0 fully saturated rings. The highest BCUT2D eigenvalue weighted by molar-refractivity contribution is 7.97. The van der Waals surface area contributed by atoms with Crippen LogP contribution in [0.25, 0.3) is 0 Å². The van der Waals surface area contributed by atoms with E-state index < -0.39 is 0 Å². The van der Waals surface area contributed by atoms with E-state index in [1.807, 2.05) is 11.8 Å². The van der Waals surface area contributed by atoms with Crippen LogP contribution in [0.3, 0.4) is 0 Å². The highest BCUT2D eigenvalue weighted by Crippen LogP contribution is 2.15. The van der Waals surface area contributed by atoms with Gasteiger partial charge in [0.2, 0.25) is 0 Å². The van der Waals surface area contributed by atoms with Crippen molar-refractivity contribution in [3.05, 3.63) is 35.4 Å². The fourth-order valence-corrected chi connectivity index (χ4v) is 2.31. The third-order valence-electron chi connectivity index (χ3n) is 2.47. The van der Waals surface area contributed by atoms with E-state index in [1.165, 1.54) is 11.1 Å². The van der Waals surface area contributed by atoms with Gasteiger partial charge in [0.05, 0.1) is 0 Å². The van der Waals surface area contributed by atoms with E-state index in [9.17, 15) is 0 Å². The molecular formula is C12H16N2S. The van der Waals surface area contributed by atoms with E-state index in [4.69, 9.17) is 0 Å². The number of hydrogen-bond acceptors (Lipinski definition) is 3. The van der Waals surface area contributed by atoms with Gasteiger partial charge in [0.1, 0.15) is 5.84 Å². The molecule has 1 heterocycles. The smallest absolute Gasteiger partial charge is 0.128 e. The van der Waals surface area contributed by atoms with Gasteiger partial charge in [-0.15, -0.1) is 0 Å². The Balaban J connectivity index is 2.29. The van der Waals surface area contributed by atoms with Crippen molar-refractivity contribution < 1.29 is 0 Å². The Morgan fingerprint density at radius 2 is 2.27 bits per heavy atom. The summed E-state index contributed by atoms with van der Waals surface area (Å²) in [6, 6.07) is 8.52. The highest BCUT2D eigenvalue weighted by atomic mass is 32.2. The first kappa shape index (κ1) is 10.6. The van der Waals surface area contributed by atoms with Gasteiger partial charge in [-0.05, 0) is 18.2 Å². The van der Waals surface area contributed by atoms with Crippen LogP contribution in [0.5, 0.6) is 0 Å². The van der Waals surface area contributed by atoms with Crippen LogP contribution in [-0.4, -0.2) is 25.2 Å². The van der Waals surface area contributed by atoms with Crippen LogP contribution in [0, 0.1) is 0 Å². The molecule has 0 saturated heterocycles. The van der Waals surface area contributed by atoms with Crippen LogP contribution in [0.1, 0.15) is 17.5 Å². The first-order valence-corrected chi connectivity index (χ1v) is 6.67. The van der Waals surface area contributed by atoms with Crippen molar-refractivity contribution in [2.75, 3.05) is 19.3 Å². The summed E-state index contributed by atoms with van der Waals surface area (Å²) < 4.78 is 0. The van der Waals surface area contributed by atoms with Crippen LogP contribution < -0.4 is 5.32 Å². The fraction of sp³-hybridized carbons (Fsp3) is 0.417. The Morgan fingerprint density at radius 1 is 1.40 bits per heavy atom. The third-order valence-corrected chi connectivity index (χ3v) is 3.07. The topological polar surface area (TPSA) is 24.4 Å². The lowest BCUT2D eigenvalue weighted by Gasteiger charge is -2.17. The minimum absolute atomic E-state index is 0.954. The largest absolute Gasteiger partial charge is 0.370 e. The summed E-state index contributed by atoms with van der Waals surface area (Å²) in [5, 5.41) is 3.37. The molecule has 1 N–H and O–H groups in total. The van der Waals surface area contributed by atoms with Gasteiger partial charge in [-0.1, -0.05) is 24.3 Å². The molecule has 0 amide bonds. The second-order valence-electron chi connectivity index (χ2n) is 3.60. The molecule has 1 aromatic carbocycles. The van der Waals surface area contributed by atoms with E-state index in [2.05, 4.69) is 40.8 Å². The number of amidine groups is 1. The molecule has 0 spiro atoms. The maximum Gasteiger partial charge on any atom is 0.128 e. The average molecular weight is 220 g/mol. The molecule has 0 aromatic heterocycles. The van der Waals surface area contributed by atoms with Gasteiger partial charge in [-0.25, -0.2) is 0 Å². The van der Waals surface area contributed by atoms with Crippen molar-refractivity contribution in [3.63, 3.8) is 0 Å². The number of benzene rings is 1. The minimum atomic E-state index is 0.954. The minimum Gasteiger partial charge on any atom is -0.370 e. The van der Waals surface area contributed by atoms with Crippen LogP contribution in [0.4, 0.5) is 0 Å². The highest BCUT2D eigenvalue weighted by Gasteiger charge is 2.10. The van der Waals surface area contributed by atoms with Crippen LogP contribution in [0.15, 0.2) is 29.3 Å². The monoisotopic (exact) mass is 220 g/mol. The average Bonchev–Trinajstić information content (AvgIpc) is 2.31. The number of nitrogens with zero attached hydrogens (tertiary/aromatic N) is 1. The van der Waals surface area contributed by atoms with Crippen molar-refractivity contribution in [2.45, 2.75) is 12.2 Å². The molecular weight excluding hydrogens is 204 g/mol. The Kier molecular flexibility index (Phi) is 3.67. The maximum absolute atomic E-state index is 4.54. The molecule has 1 aliphatic rings. The van der Waals surface area contributed by atoms with Gasteiger partial charge in [-0.3, -0.25) is 4.99 Å². The molecule has 15 heavy (non-hydrogen) atoms. The van der Waals surface area contributed by atoms with Crippen molar-refractivity contribution in [3.8, 4) is 0 Å². The van der Waals surface area contributed by atoms with Gasteiger partial charge in [-0.2, -0.15) is 11.8 Å². The summed E-state index contributed by atoms with van der Waals surface area (Å²) in [5.41, 5.74) is 2.64. The summed E-state index contributed by atoms with van der Waals surface area (Å²) in [6.07, 6.45) is 3.28. The lowest BCUT2D eigenvalue weighted by Crippen LogP contribution is -2.30. The van der Waals surface area contributed by atoms with E-state index >= 15 is 0 Å². The zero-order valence-corrected chi connectivity index (χ0v) is 9.81. The van der Waals surface area contributed by atoms with Gasteiger partial charge in [0.15, 0.2) is 0 Å². The number of aliphatic imine (C=N–C) groups is 1. The Morgan fingerprint density at radius 3 is 3.00 bits per heavy atom. The summed E-state index contributed by atoms with van der Waals surface area (Å²) in [4.78, 5) is 4.54. The molecule has 0 radical (unpaired) electrons. The Labute approximate surface area is 95.2 Å². The van der Waals surface area contributed by atoms with Crippen LogP contribution in [-0.2, 0) is 5.75 Å². The fourth-order valence-electron chi connectivity index (χ4n) is 1.75. The zero-order chi connectivity index (χ0) is 10.5. The number of nitrogens with one attached hydrogen (secondary N) is 1. The molecule has 0 atom stereocenters. The van der Waals surface area contributed by atoms with Gasteiger partial charge < -0.3 is 5.32 Å². The van der Waals surface area contributed by atoms with Gasteiger partial charge in [0, 0.05) is 24.4 Å². The molecule has 1 aliphatic heterocycles. The molecule has 0 bridgehead atoms. The second kappa shape index (κ2) is 5.21. The molecule has 0 aliphatic carbocycles. The van der Waals surface area contributed by atoms with Gasteiger partial charge >= 0.3 is 0 Å². The first-order valence-electron chi connectivity index (χ1n) is 5.27. The van der Waals surface area contributed by atoms with Gasteiger partial charge in [0.25, 0.3) is 0 Å². The van der Waals surface area contributed by atoms with Crippen LogP contribution in [0.2, 0.25) is 0 Å². The standard InChI is InChI=1S/C12H16N2S/c1-15-9-10-5-2-3-6-11(10)12-13-7-4-8-14-12/h2-3,5-6H,4,7-9H2,1H3,(H,13,14). The van der Waals surface area contributed by atoms with E-state index in [0.29, 0.717) is 0 Å². The molecule has 0 saturated carbocycles. The third kappa shape index (κ3) is 2.53. The summed E-state index contributed by atoms with van der Waals surface area (Å²) >= 11 is 1.85. The van der Waals surface area contributed by atoms with Crippen molar-refractivity contribution in [2.24, 2.45) is 4.99 Å². The molecule has 2 nitrogen and oxygen atoms in total. The molecule has 3 heteroatoms. The zero-order valence-electron chi connectivity index (χ0n) is 8.99. The van der Waals surface area contributed by atoms with Crippen molar-refractivity contribution in [1.29, 1.82) is 0 Å². The predicted octanol–water partition coefficient (Wildman–Crippen LogP) is 2.29. The quantitative estimate of drug-likeness (QED) is 0.845. The van der Waals surface area contributed by atoms with Crippen LogP contribution >= 0.6 is 11.8 Å². The Bertz CT molecular complexity index is 360. The van der Waals surface area contributed by atoms with Crippen molar-refractivity contribution in [1.82, 2.24) is 5.32 Å². The van der Waals surface area contributed by atoms with E-state index in [0.717, 1.165) is 31.1 Å². The first-order chi connectivity index (χ1) is 7.42. The molecule has 80 valence electrons. The molecule has 2 rings (SSSR count). The van der Waals surface area contributed by atoms with E-state index in [1.54, 1.807) is 0 Å². The number of rotatable bonds is 3. The maximum atomic E-state index is 4.54. The number of thioether (sulfide) groups is 1. The Hall–Kier alpha value is -0.960. The lowest BCUT2D eigenvalue weighted by atomic mass is 10.1. The molecule has 1 aromatic rings. The SMILES string of the molecule is CSCc1ccccc1C1=NCCCN1. The predicted molar refractivity (Wildman–Crippen MR) is 67.7 cm³/mol. The normalized spacial score (nSPS) is 15.7. The molecule has 0 unspecified atom stereocenters. The number of hydrogen-bond donors (Lipinski definition) is 1. The summed E-state index contributed by atoms with van der Waals surface area (Å²) in [6.45, 7) is 2.00. The summed E-state index contributed by atoms with van der Waals surface area (Å²) in [5.74, 6) is 2.13. The second-order valence-corrected chi connectivity index (χ2v) is 4.47.